The fourth-order valence-corrected chi connectivity index (χ4v) is 3.10. The van der Waals surface area contributed by atoms with Crippen molar-refractivity contribution in [1.29, 1.82) is 0 Å². The van der Waals surface area contributed by atoms with Crippen molar-refractivity contribution in [1.82, 2.24) is 5.32 Å². The van der Waals surface area contributed by atoms with Crippen molar-refractivity contribution in [2.24, 2.45) is 5.92 Å². The summed E-state index contributed by atoms with van der Waals surface area (Å²) in [5.74, 6) is 0.457. The molecular formula is C11H17NO3. The van der Waals surface area contributed by atoms with E-state index in [1.54, 1.807) is 0 Å². The Morgan fingerprint density at radius 3 is 2.87 bits per heavy atom. The van der Waals surface area contributed by atoms with E-state index in [1.165, 1.54) is 0 Å². The maximum absolute atomic E-state index is 11.3. The number of fused-ring (bicyclic) bond motifs is 1. The minimum absolute atomic E-state index is 0.209. The molecule has 2 aliphatic heterocycles. The van der Waals surface area contributed by atoms with Gasteiger partial charge in [0.25, 0.3) is 0 Å². The number of hydrogen-bond donors (Lipinski definition) is 1. The summed E-state index contributed by atoms with van der Waals surface area (Å²) in [6.07, 6.45) is 4.53. The maximum Gasteiger partial charge on any atom is 0.220 e. The van der Waals surface area contributed by atoms with Crippen LogP contribution in [0.5, 0.6) is 0 Å². The smallest absolute Gasteiger partial charge is 0.220 e. The van der Waals surface area contributed by atoms with Crippen LogP contribution in [0.3, 0.4) is 0 Å². The lowest BCUT2D eigenvalue weighted by Crippen LogP contribution is -2.52. The van der Waals surface area contributed by atoms with Crippen LogP contribution in [0.4, 0.5) is 0 Å². The van der Waals surface area contributed by atoms with E-state index in [0.717, 1.165) is 38.9 Å². The molecule has 2 atom stereocenters. The molecule has 3 rings (SSSR count). The van der Waals surface area contributed by atoms with Gasteiger partial charge in [-0.2, -0.15) is 0 Å². The Labute approximate surface area is 89.3 Å². The highest BCUT2D eigenvalue weighted by Gasteiger charge is 2.46. The van der Waals surface area contributed by atoms with Gasteiger partial charge >= 0.3 is 0 Å². The highest BCUT2D eigenvalue weighted by atomic mass is 16.7. The monoisotopic (exact) mass is 211 g/mol. The summed E-state index contributed by atoms with van der Waals surface area (Å²) in [5, 5.41) is 3.07. The minimum atomic E-state index is -0.302. The Kier molecular flexibility index (Phi) is 2.21. The summed E-state index contributed by atoms with van der Waals surface area (Å²) in [7, 11) is 0. The predicted molar refractivity (Wildman–Crippen MR) is 53.1 cm³/mol. The van der Waals surface area contributed by atoms with Crippen LogP contribution in [0.15, 0.2) is 0 Å². The third kappa shape index (κ3) is 1.66. The SMILES string of the molecule is O=C1CCC2CC3(CCC2N1)OCCO3. The first-order valence-corrected chi connectivity index (χ1v) is 5.85. The lowest BCUT2D eigenvalue weighted by molar-refractivity contribution is -0.193. The number of rotatable bonds is 0. The van der Waals surface area contributed by atoms with Gasteiger partial charge in [0.2, 0.25) is 5.91 Å². The lowest BCUT2D eigenvalue weighted by Gasteiger charge is -2.43. The number of carbonyl (C=O) groups excluding carboxylic acids is 1. The first-order valence-electron chi connectivity index (χ1n) is 5.85. The van der Waals surface area contributed by atoms with Crippen molar-refractivity contribution in [3.8, 4) is 0 Å². The average Bonchev–Trinajstić information content (AvgIpc) is 2.67. The van der Waals surface area contributed by atoms with E-state index in [9.17, 15) is 4.79 Å². The molecule has 2 heterocycles. The zero-order valence-corrected chi connectivity index (χ0v) is 8.83. The number of amides is 1. The third-order valence-corrected chi connectivity index (χ3v) is 3.88. The van der Waals surface area contributed by atoms with Crippen LogP contribution < -0.4 is 5.32 Å². The van der Waals surface area contributed by atoms with Crippen molar-refractivity contribution in [3.63, 3.8) is 0 Å². The van der Waals surface area contributed by atoms with Crippen molar-refractivity contribution in [3.05, 3.63) is 0 Å². The normalized spacial score (nSPS) is 38.8. The van der Waals surface area contributed by atoms with Gasteiger partial charge in [-0.1, -0.05) is 0 Å². The van der Waals surface area contributed by atoms with Crippen LogP contribution in [0.1, 0.15) is 32.1 Å². The highest BCUT2D eigenvalue weighted by Crippen LogP contribution is 2.41. The van der Waals surface area contributed by atoms with Crippen molar-refractivity contribution in [2.45, 2.75) is 43.9 Å². The maximum atomic E-state index is 11.3. The molecule has 15 heavy (non-hydrogen) atoms. The second kappa shape index (κ2) is 3.46. The molecule has 4 nitrogen and oxygen atoms in total. The summed E-state index contributed by atoms with van der Waals surface area (Å²) in [6, 6.07) is 0.365. The molecule has 2 unspecified atom stereocenters. The van der Waals surface area contributed by atoms with Gasteiger partial charge in [0.15, 0.2) is 5.79 Å². The first kappa shape index (κ1) is 9.60. The van der Waals surface area contributed by atoms with Gasteiger partial charge in [0, 0.05) is 25.3 Å². The molecule has 0 bridgehead atoms. The fourth-order valence-electron chi connectivity index (χ4n) is 3.10. The van der Waals surface area contributed by atoms with Gasteiger partial charge in [-0.05, 0) is 18.8 Å². The van der Waals surface area contributed by atoms with E-state index in [4.69, 9.17) is 9.47 Å². The third-order valence-electron chi connectivity index (χ3n) is 3.88. The van der Waals surface area contributed by atoms with Crippen LogP contribution in [-0.4, -0.2) is 30.9 Å². The number of ether oxygens (including phenoxy) is 2. The molecule has 1 amide bonds. The number of hydrogen-bond acceptors (Lipinski definition) is 3. The average molecular weight is 211 g/mol. The second-order valence-electron chi connectivity index (χ2n) is 4.82. The van der Waals surface area contributed by atoms with Crippen molar-refractivity contribution >= 4 is 5.91 Å². The Balaban J connectivity index is 1.70. The lowest BCUT2D eigenvalue weighted by atomic mass is 9.76. The Bertz CT molecular complexity index is 273. The van der Waals surface area contributed by atoms with E-state index in [2.05, 4.69) is 5.32 Å². The summed E-state index contributed by atoms with van der Waals surface area (Å²) in [6.45, 7) is 1.45. The largest absolute Gasteiger partial charge is 0.353 e. The van der Waals surface area contributed by atoms with Gasteiger partial charge in [0.05, 0.1) is 13.2 Å². The topological polar surface area (TPSA) is 47.6 Å². The molecule has 0 aromatic heterocycles. The fraction of sp³-hybridized carbons (Fsp3) is 0.909. The van der Waals surface area contributed by atoms with Crippen LogP contribution in [0, 0.1) is 5.92 Å². The van der Waals surface area contributed by atoms with E-state index in [-0.39, 0.29) is 11.7 Å². The van der Waals surface area contributed by atoms with Crippen molar-refractivity contribution < 1.29 is 14.3 Å². The Hall–Kier alpha value is -0.610. The molecule has 1 saturated carbocycles. The molecule has 2 saturated heterocycles. The van der Waals surface area contributed by atoms with Crippen LogP contribution in [-0.2, 0) is 14.3 Å². The van der Waals surface area contributed by atoms with Crippen molar-refractivity contribution in [2.75, 3.05) is 13.2 Å². The predicted octanol–water partition coefficient (Wildman–Crippen LogP) is 0.808. The number of piperidine rings is 1. The summed E-state index contributed by atoms with van der Waals surface area (Å²) in [4.78, 5) is 11.3. The number of carbonyl (C=O) groups is 1. The number of nitrogens with one attached hydrogen (secondary N) is 1. The highest BCUT2D eigenvalue weighted by molar-refractivity contribution is 5.77. The van der Waals surface area contributed by atoms with Gasteiger partial charge in [0.1, 0.15) is 0 Å². The molecule has 0 radical (unpaired) electrons. The molecule has 1 aliphatic carbocycles. The zero-order chi connectivity index (χ0) is 10.3. The van der Waals surface area contributed by atoms with Gasteiger partial charge < -0.3 is 14.8 Å². The van der Waals surface area contributed by atoms with E-state index >= 15 is 0 Å². The molecule has 84 valence electrons. The van der Waals surface area contributed by atoms with E-state index in [0.29, 0.717) is 18.4 Å². The quantitative estimate of drug-likeness (QED) is 0.645. The van der Waals surface area contributed by atoms with Gasteiger partial charge in [-0.3, -0.25) is 4.79 Å². The molecule has 3 aliphatic rings. The molecule has 4 heteroatoms. The van der Waals surface area contributed by atoms with Crippen LogP contribution >= 0.6 is 0 Å². The standard InChI is InChI=1S/C11H17NO3/c13-10-2-1-8-7-11(14-5-6-15-11)4-3-9(8)12-10/h8-9H,1-7H2,(H,12,13). The van der Waals surface area contributed by atoms with Crippen LogP contribution in [0.2, 0.25) is 0 Å². The molecule has 3 fully saturated rings. The molecule has 1 spiro atoms. The Morgan fingerprint density at radius 1 is 1.27 bits per heavy atom. The summed E-state index contributed by atoms with van der Waals surface area (Å²) < 4.78 is 11.4. The molecule has 0 aromatic rings. The Morgan fingerprint density at radius 2 is 2.07 bits per heavy atom. The van der Waals surface area contributed by atoms with Crippen LogP contribution in [0.25, 0.3) is 0 Å². The second-order valence-corrected chi connectivity index (χ2v) is 4.82. The first-order chi connectivity index (χ1) is 7.27. The molecule has 1 N–H and O–H groups in total. The van der Waals surface area contributed by atoms with Gasteiger partial charge in [-0.25, -0.2) is 0 Å². The van der Waals surface area contributed by atoms with E-state index in [1.807, 2.05) is 0 Å². The summed E-state index contributed by atoms with van der Waals surface area (Å²) in [5.41, 5.74) is 0. The zero-order valence-electron chi connectivity index (χ0n) is 8.83. The summed E-state index contributed by atoms with van der Waals surface area (Å²) >= 11 is 0. The van der Waals surface area contributed by atoms with Gasteiger partial charge in [-0.15, -0.1) is 0 Å². The van der Waals surface area contributed by atoms with E-state index < -0.39 is 0 Å². The molecule has 0 aromatic carbocycles. The molecular weight excluding hydrogens is 194 g/mol. The minimum Gasteiger partial charge on any atom is -0.353 e.